The predicted molar refractivity (Wildman–Crippen MR) is 121 cm³/mol. The van der Waals surface area contributed by atoms with E-state index in [-0.39, 0.29) is 17.6 Å². The smallest absolute Gasteiger partial charge is 0.291 e. The number of nitrogens with one attached hydrogen (secondary N) is 2. The maximum atomic E-state index is 13.1. The molecule has 0 saturated carbocycles. The molecule has 0 aliphatic carbocycles. The average Bonchev–Trinajstić information content (AvgIpc) is 3.34. The SMILES string of the molecule is O=C(Nc1cccc(SC(C(=O)Nc2ccccn2)c2ccccc2)c1)c1ccco1. The van der Waals surface area contributed by atoms with E-state index in [1.54, 1.807) is 36.5 Å². The summed E-state index contributed by atoms with van der Waals surface area (Å²) in [6, 6.07) is 25.5. The number of carbonyl (C=O) groups is 2. The summed E-state index contributed by atoms with van der Waals surface area (Å²) >= 11 is 1.39. The molecule has 0 radical (unpaired) electrons. The molecule has 6 nitrogen and oxygen atoms in total. The van der Waals surface area contributed by atoms with Crippen molar-refractivity contribution in [3.8, 4) is 0 Å². The summed E-state index contributed by atoms with van der Waals surface area (Å²) in [5.74, 6) is 0.211. The Morgan fingerprint density at radius 3 is 2.45 bits per heavy atom. The molecule has 2 N–H and O–H groups in total. The van der Waals surface area contributed by atoms with Gasteiger partial charge in [-0.25, -0.2) is 4.98 Å². The van der Waals surface area contributed by atoms with Gasteiger partial charge < -0.3 is 15.1 Å². The third kappa shape index (κ3) is 5.40. The third-order valence-corrected chi connectivity index (χ3v) is 5.60. The van der Waals surface area contributed by atoms with Gasteiger partial charge in [-0.05, 0) is 48.0 Å². The van der Waals surface area contributed by atoms with Crippen LogP contribution in [0.2, 0.25) is 0 Å². The van der Waals surface area contributed by atoms with E-state index in [1.165, 1.54) is 18.0 Å². The van der Waals surface area contributed by atoms with Crippen LogP contribution in [0.15, 0.2) is 107 Å². The van der Waals surface area contributed by atoms with Crippen molar-refractivity contribution in [3.05, 3.63) is 109 Å². The molecule has 0 spiro atoms. The van der Waals surface area contributed by atoms with Crippen LogP contribution in [0.4, 0.5) is 11.5 Å². The van der Waals surface area contributed by atoms with E-state index >= 15 is 0 Å². The fourth-order valence-electron chi connectivity index (χ4n) is 2.91. The Morgan fingerprint density at radius 1 is 0.871 bits per heavy atom. The van der Waals surface area contributed by atoms with E-state index in [4.69, 9.17) is 4.42 Å². The van der Waals surface area contributed by atoms with Crippen molar-refractivity contribution in [1.29, 1.82) is 0 Å². The standard InChI is InChI=1S/C24H19N3O3S/c28-23(20-12-7-15-30-20)26-18-10-6-11-19(16-18)31-22(17-8-2-1-3-9-17)24(29)27-21-13-4-5-14-25-21/h1-16,22H,(H,26,28)(H,25,27,29). The van der Waals surface area contributed by atoms with Crippen LogP contribution < -0.4 is 10.6 Å². The molecule has 0 aliphatic heterocycles. The molecule has 0 saturated heterocycles. The number of nitrogens with zero attached hydrogens (tertiary/aromatic N) is 1. The molecule has 0 bridgehead atoms. The van der Waals surface area contributed by atoms with E-state index in [2.05, 4.69) is 15.6 Å². The second-order valence-electron chi connectivity index (χ2n) is 6.57. The van der Waals surface area contributed by atoms with Crippen molar-refractivity contribution < 1.29 is 14.0 Å². The molecule has 7 heteroatoms. The van der Waals surface area contributed by atoms with Crippen molar-refractivity contribution in [2.24, 2.45) is 0 Å². The summed E-state index contributed by atoms with van der Waals surface area (Å²) in [6.07, 6.45) is 3.08. The Labute approximate surface area is 183 Å². The molecule has 4 aromatic rings. The lowest BCUT2D eigenvalue weighted by Gasteiger charge is -2.17. The number of benzene rings is 2. The predicted octanol–water partition coefficient (Wildman–Crippen LogP) is 5.40. The van der Waals surface area contributed by atoms with Crippen LogP contribution in [-0.4, -0.2) is 16.8 Å². The second kappa shape index (κ2) is 9.77. The Kier molecular flexibility index (Phi) is 6.44. The third-order valence-electron chi connectivity index (χ3n) is 4.35. The lowest BCUT2D eigenvalue weighted by atomic mass is 10.1. The zero-order chi connectivity index (χ0) is 21.5. The van der Waals surface area contributed by atoms with Crippen LogP contribution in [0.25, 0.3) is 0 Å². The Balaban J connectivity index is 1.54. The van der Waals surface area contributed by atoms with Crippen LogP contribution in [0.1, 0.15) is 21.4 Å². The van der Waals surface area contributed by atoms with Gasteiger partial charge >= 0.3 is 0 Å². The largest absolute Gasteiger partial charge is 0.459 e. The number of hydrogen-bond donors (Lipinski definition) is 2. The lowest BCUT2D eigenvalue weighted by molar-refractivity contribution is -0.115. The minimum atomic E-state index is -0.501. The van der Waals surface area contributed by atoms with E-state index in [9.17, 15) is 9.59 Å². The minimum absolute atomic E-state index is 0.181. The van der Waals surface area contributed by atoms with Gasteiger partial charge in [-0.15, -0.1) is 11.8 Å². The summed E-state index contributed by atoms with van der Waals surface area (Å²) in [5.41, 5.74) is 1.48. The number of pyridine rings is 1. The van der Waals surface area contributed by atoms with Crippen molar-refractivity contribution in [2.75, 3.05) is 10.6 Å². The molecule has 1 atom stereocenters. The molecule has 31 heavy (non-hydrogen) atoms. The highest BCUT2D eigenvalue weighted by molar-refractivity contribution is 8.00. The van der Waals surface area contributed by atoms with E-state index in [0.717, 1.165) is 10.5 Å². The van der Waals surface area contributed by atoms with Crippen LogP contribution in [-0.2, 0) is 4.79 Å². The number of aromatic nitrogens is 1. The van der Waals surface area contributed by atoms with Gasteiger partial charge in [0.25, 0.3) is 5.91 Å². The first-order valence-electron chi connectivity index (χ1n) is 9.57. The molecular formula is C24H19N3O3S. The van der Waals surface area contributed by atoms with Crippen molar-refractivity contribution in [2.45, 2.75) is 10.1 Å². The highest BCUT2D eigenvalue weighted by Crippen LogP contribution is 2.37. The normalized spacial score (nSPS) is 11.5. The number of furan rings is 1. The topological polar surface area (TPSA) is 84.2 Å². The number of anilines is 2. The Morgan fingerprint density at radius 2 is 1.71 bits per heavy atom. The van der Waals surface area contributed by atoms with Gasteiger partial charge in [-0.3, -0.25) is 9.59 Å². The summed E-state index contributed by atoms with van der Waals surface area (Å²) < 4.78 is 5.13. The van der Waals surface area contributed by atoms with Crippen molar-refractivity contribution in [1.82, 2.24) is 4.98 Å². The first-order valence-corrected chi connectivity index (χ1v) is 10.5. The van der Waals surface area contributed by atoms with Gasteiger partial charge in [0, 0.05) is 16.8 Å². The molecule has 1 unspecified atom stereocenters. The van der Waals surface area contributed by atoms with Gasteiger partial charge in [-0.1, -0.05) is 42.5 Å². The Bertz CT molecular complexity index is 1150. The molecule has 0 fully saturated rings. The number of thioether (sulfide) groups is 1. The van der Waals surface area contributed by atoms with Crippen LogP contribution in [0.5, 0.6) is 0 Å². The summed E-state index contributed by atoms with van der Waals surface area (Å²) in [5, 5.41) is 5.18. The summed E-state index contributed by atoms with van der Waals surface area (Å²) in [7, 11) is 0. The van der Waals surface area contributed by atoms with Crippen molar-refractivity contribution in [3.63, 3.8) is 0 Å². The van der Waals surface area contributed by atoms with Crippen LogP contribution >= 0.6 is 11.8 Å². The average molecular weight is 430 g/mol. The molecule has 2 aromatic carbocycles. The fourth-order valence-corrected chi connectivity index (χ4v) is 4.00. The first kappa shape index (κ1) is 20.4. The number of rotatable bonds is 7. The first-order chi connectivity index (χ1) is 15.2. The van der Waals surface area contributed by atoms with Gasteiger partial charge in [0.1, 0.15) is 11.1 Å². The molecule has 0 aliphatic rings. The fraction of sp³-hybridized carbons (Fsp3) is 0.0417. The van der Waals surface area contributed by atoms with Crippen LogP contribution in [0.3, 0.4) is 0 Å². The molecule has 2 heterocycles. The number of carbonyl (C=O) groups excluding carboxylic acids is 2. The quantitative estimate of drug-likeness (QED) is 0.384. The van der Waals surface area contributed by atoms with E-state index < -0.39 is 5.25 Å². The van der Waals surface area contributed by atoms with Gasteiger partial charge in [-0.2, -0.15) is 0 Å². The summed E-state index contributed by atoms with van der Waals surface area (Å²) in [4.78, 5) is 30.4. The molecule has 4 rings (SSSR count). The Hall–Kier alpha value is -3.84. The highest BCUT2D eigenvalue weighted by Gasteiger charge is 2.23. The maximum absolute atomic E-state index is 13.1. The highest BCUT2D eigenvalue weighted by atomic mass is 32.2. The molecule has 2 aromatic heterocycles. The van der Waals surface area contributed by atoms with Crippen molar-refractivity contribution >= 4 is 35.1 Å². The maximum Gasteiger partial charge on any atom is 0.291 e. The molecular weight excluding hydrogens is 410 g/mol. The monoisotopic (exact) mass is 429 g/mol. The number of amides is 2. The van der Waals surface area contributed by atoms with E-state index in [0.29, 0.717) is 11.5 Å². The summed E-state index contributed by atoms with van der Waals surface area (Å²) in [6.45, 7) is 0. The molecule has 2 amide bonds. The van der Waals surface area contributed by atoms with Gasteiger partial charge in [0.05, 0.1) is 6.26 Å². The van der Waals surface area contributed by atoms with Crippen LogP contribution in [0, 0.1) is 0 Å². The zero-order valence-electron chi connectivity index (χ0n) is 16.4. The van der Waals surface area contributed by atoms with E-state index in [1.807, 2.05) is 54.6 Å². The zero-order valence-corrected chi connectivity index (χ0v) is 17.2. The van der Waals surface area contributed by atoms with Gasteiger partial charge in [0.15, 0.2) is 5.76 Å². The second-order valence-corrected chi connectivity index (χ2v) is 7.75. The minimum Gasteiger partial charge on any atom is -0.459 e. The lowest BCUT2D eigenvalue weighted by Crippen LogP contribution is -2.19. The van der Waals surface area contributed by atoms with Gasteiger partial charge in [0.2, 0.25) is 5.91 Å². The molecule has 154 valence electrons. The number of hydrogen-bond acceptors (Lipinski definition) is 5.